The third-order valence-electron chi connectivity index (χ3n) is 4.72. The van der Waals surface area contributed by atoms with Gasteiger partial charge in [-0.15, -0.1) is 0 Å². The van der Waals surface area contributed by atoms with E-state index in [4.69, 9.17) is 4.74 Å². The molecule has 0 fully saturated rings. The lowest BCUT2D eigenvalue weighted by atomic mass is 9.90. The molecule has 1 aliphatic carbocycles. The van der Waals surface area contributed by atoms with Gasteiger partial charge in [-0.05, 0) is 73.2 Å². The van der Waals surface area contributed by atoms with E-state index in [1.807, 2.05) is 66.7 Å². The van der Waals surface area contributed by atoms with Crippen LogP contribution in [-0.2, 0) is 12.8 Å². The zero-order valence-electron chi connectivity index (χ0n) is 14.6. The summed E-state index contributed by atoms with van der Waals surface area (Å²) in [7, 11) is 0. The summed E-state index contributed by atoms with van der Waals surface area (Å²) in [4.78, 5) is 12.7. The third kappa shape index (κ3) is 3.62. The van der Waals surface area contributed by atoms with E-state index >= 15 is 0 Å². The van der Waals surface area contributed by atoms with Crippen molar-refractivity contribution in [2.24, 2.45) is 0 Å². The number of anilines is 1. The quantitative estimate of drug-likeness (QED) is 0.668. The van der Waals surface area contributed by atoms with Gasteiger partial charge in [-0.1, -0.05) is 36.4 Å². The molecular formula is C23H21NO2. The summed E-state index contributed by atoms with van der Waals surface area (Å²) in [5.41, 5.74) is 4.04. The molecule has 0 radical (unpaired) electrons. The average Bonchev–Trinajstić information content (AvgIpc) is 2.70. The van der Waals surface area contributed by atoms with Crippen molar-refractivity contribution in [3.63, 3.8) is 0 Å². The van der Waals surface area contributed by atoms with Crippen molar-refractivity contribution < 1.29 is 9.53 Å². The Morgan fingerprint density at radius 1 is 0.808 bits per heavy atom. The molecule has 3 aromatic rings. The summed E-state index contributed by atoms with van der Waals surface area (Å²) < 4.78 is 5.92. The molecule has 26 heavy (non-hydrogen) atoms. The number of hydrogen-bond donors (Lipinski definition) is 1. The van der Waals surface area contributed by atoms with Crippen molar-refractivity contribution in [1.29, 1.82) is 0 Å². The van der Waals surface area contributed by atoms with Crippen molar-refractivity contribution in [3.8, 4) is 11.5 Å². The molecule has 130 valence electrons. The van der Waals surface area contributed by atoms with Crippen LogP contribution in [0.15, 0.2) is 72.8 Å². The highest BCUT2D eigenvalue weighted by atomic mass is 16.5. The molecule has 0 saturated heterocycles. The van der Waals surface area contributed by atoms with Crippen molar-refractivity contribution in [1.82, 2.24) is 0 Å². The fourth-order valence-corrected chi connectivity index (χ4v) is 3.34. The lowest BCUT2D eigenvalue weighted by Crippen LogP contribution is -2.14. The molecular weight excluding hydrogens is 322 g/mol. The number of fused-ring (bicyclic) bond motifs is 1. The lowest BCUT2D eigenvalue weighted by molar-refractivity contribution is 0.102. The maximum absolute atomic E-state index is 12.7. The minimum Gasteiger partial charge on any atom is -0.455 e. The molecule has 1 aliphatic rings. The summed E-state index contributed by atoms with van der Waals surface area (Å²) in [5, 5.41) is 2.99. The number of carbonyl (C=O) groups excluding carboxylic acids is 1. The molecule has 3 nitrogen and oxygen atoms in total. The van der Waals surface area contributed by atoms with Gasteiger partial charge in [-0.25, -0.2) is 0 Å². The Bertz CT molecular complexity index is 919. The molecule has 3 heteroatoms. The number of hydrogen-bond acceptors (Lipinski definition) is 2. The van der Waals surface area contributed by atoms with Crippen LogP contribution in [0.4, 0.5) is 5.69 Å². The maximum atomic E-state index is 12.7. The van der Waals surface area contributed by atoms with Crippen LogP contribution in [0, 0.1) is 0 Å². The van der Waals surface area contributed by atoms with Crippen LogP contribution < -0.4 is 10.1 Å². The Morgan fingerprint density at radius 2 is 1.54 bits per heavy atom. The lowest BCUT2D eigenvalue weighted by Gasteiger charge is -2.17. The summed E-state index contributed by atoms with van der Waals surface area (Å²) in [6.45, 7) is 0. The Kier molecular flexibility index (Phi) is 4.69. The van der Waals surface area contributed by atoms with E-state index < -0.39 is 0 Å². The van der Waals surface area contributed by atoms with Crippen molar-refractivity contribution >= 4 is 11.6 Å². The van der Waals surface area contributed by atoms with Crippen LogP contribution in [0.5, 0.6) is 11.5 Å². The number of amides is 1. The topological polar surface area (TPSA) is 38.3 Å². The first-order chi connectivity index (χ1) is 12.8. The smallest absolute Gasteiger partial charge is 0.255 e. The molecule has 0 bridgehead atoms. The minimum absolute atomic E-state index is 0.109. The van der Waals surface area contributed by atoms with Crippen LogP contribution in [0.25, 0.3) is 0 Å². The monoisotopic (exact) mass is 343 g/mol. The van der Waals surface area contributed by atoms with Crippen LogP contribution >= 0.6 is 0 Å². The van der Waals surface area contributed by atoms with E-state index in [0.29, 0.717) is 17.0 Å². The first kappa shape index (κ1) is 16.4. The van der Waals surface area contributed by atoms with E-state index in [2.05, 4.69) is 11.4 Å². The number of ether oxygens (including phenoxy) is 1. The first-order valence-corrected chi connectivity index (χ1v) is 9.05. The number of carbonyl (C=O) groups is 1. The highest BCUT2D eigenvalue weighted by Gasteiger charge is 2.14. The fraction of sp³-hybridized carbons (Fsp3) is 0.174. The minimum atomic E-state index is -0.109. The Balaban J connectivity index is 1.55. The normalized spacial score (nSPS) is 12.9. The van der Waals surface area contributed by atoms with Crippen molar-refractivity contribution in [2.75, 3.05) is 5.32 Å². The van der Waals surface area contributed by atoms with Gasteiger partial charge in [0.2, 0.25) is 0 Å². The van der Waals surface area contributed by atoms with Crippen LogP contribution in [0.1, 0.15) is 34.3 Å². The molecule has 1 N–H and O–H groups in total. The second-order valence-corrected chi connectivity index (χ2v) is 6.56. The molecule has 3 aromatic carbocycles. The largest absolute Gasteiger partial charge is 0.455 e. The molecule has 0 heterocycles. The average molecular weight is 343 g/mol. The molecule has 0 aliphatic heterocycles. The highest BCUT2D eigenvalue weighted by Crippen LogP contribution is 2.30. The fourth-order valence-electron chi connectivity index (χ4n) is 3.34. The number of rotatable bonds is 4. The van der Waals surface area contributed by atoms with E-state index in [0.717, 1.165) is 18.6 Å². The number of aryl methyl sites for hydroxylation is 2. The van der Waals surface area contributed by atoms with Gasteiger partial charge in [0, 0.05) is 5.56 Å². The zero-order valence-corrected chi connectivity index (χ0v) is 14.6. The number of benzene rings is 3. The molecule has 0 unspecified atom stereocenters. The summed E-state index contributed by atoms with van der Waals surface area (Å²) in [5.74, 6) is 1.26. The third-order valence-corrected chi connectivity index (χ3v) is 4.72. The summed E-state index contributed by atoms with van der Waals surface area (Å²) in [6, 6.07) is 23.1. The molecule has 4 rings (SSSR count). The van der Waals surface area contributed by atoms with Crippen LogP contribution in [0.2, 0.25) is 0 Å². The predicted molar refractivity (Wildman–Crippen MR) is 104 cm³/mol. The molecule has 0 spiro atoms. The predicted octanol–water partition coefficient (Wildman–Crippen LogP) is 5.61. The van der Waals surface area contributed by atoms with E-state index in [9.17, 15) is 4.79 Å². The second-order valence-electron chi connectivity index (χ2n) is 6.56. The van der Waals surface area contributed by atoms with Gasteiger partial charge in [0.25, 0.3) is 5.91 Å². The van der Waals surface area contributed by atoms with Gasteiger partial charge in [-0.3, -0.25) is 4.79 Å². The van der Waals surface area contributed by atoms with Gasteiger partial charge in [0.05, 0.1) is 5.69 Å². The highest BCUT2D eigenvalue weighted by molar-refractivity contribution is 6.05. The molecule has 1 amide bonds. The van der Waals surface area contributed by atoms with Gasteiger partial charge < -0.3 is 10.1 Å². The van der Waals surface area contributed by atoms with Gasteiger partial charge in [-0.2, -0.15) is 0 Å². The number of nitrogens with one attached hydrogen (secondary N) is 1. The standard InChI is InChI=1S/C23H21NO2/c25-23(19-15-14-17-8-4-5-9-18(17)16-19)24-21-12-6-7-13-22(21)26-20-10-2-1-3-11-20/h1-3,6-7,10-16H,4-5,8-9H2,(H,24,25). The van der Waals surface area contributed by atoms with Gasteiger partial charge in [0.1, 0.15) is 5.75 Å². The van der Waals surface area contributed by atoms with Crippen LogP contribution in [-0.4, -0.2) is 5.91 Å². The Hall–Kier alpha value is -3.07. The summed E-state index contributed by atoms with van der Waals surface area (Å²) >= 11 is 0. The van der Waals surface area contributed by atoms with Gasteiger partial charge >= 0.3 is 0 Å². The number of para-hydroxylation sites is 3. The Labute approximate surface area is 153 Å². The second kappa shape index (κ2) is 7.44. The zero-order chi connectivity index (χ0) is 17.8. The molecule has 0 saturated carbocycles. The Morgan fingerprint density at radius 3 is 2.38 bits per heavy atom. The van der Waals surface area contributed by atoms with E-state index in [1.165, 1.54) is 24.0 Å². The van der Waals surface area contributed by atoms with Crippen molar-refractivity contribution in [3.05, 3.63) is 89.5 Å². The molecule has 0 atom stereocenters. The van der Waals surface area contributed by atoms with Crippen molar-refractivity contribution in [2.45, 2.75) is 25.7 Å². The SMILES string of the molecule is O=C(Nc1ccccc1Oc1ccccc1)c1ccc2c(c1)CCCC2. The van der Waals surface area contributed by atoms with Gasteiger partial charge in [0.15, 0.2) is 5.75 Å². The van der Waals surface area contributed by atoms with E-state index in [1.54, 1.807) is 0 Å². The van der Waals surface area contributed by atoms with Crippen LogP contribution in [0.3, 0.4) is 0 Å². The first-order valence-electron chi connectivity index (χ1n) is 9.05. The van der Waals surface area contributed by atoms with E-state index in [-0.39, 0.29) is 5.91 Å². The summed E-state index contributed by atoms with van der Waals surface area (Å²) in [6.07, 6.45) is 4.61. The maximum Gasteiger partial charge on any atom is 0.255 e. The molecule has 0 aromatic heterocycles.